The molecule has 0 saturated heterocycles. The first-order valence-corrected chi connectivity index (χ1v) is 5.55. The van der Waals surface area contributed by atoms with E-state index in [1.165, 1.54) is 25.4 Å². The monoisotopic (exact) mass is 251 g/mol. The summed E-state index contributed by atoms with van der Waals surface area (Å²) in [6.07, 6.45) is 1.97. The minimum absolute atomic E-state index is 0.359. The Kier molecular flexibility index (Phi) is 4.25. The van der Waals surface area contributed by atoms with Crippen molar-refractivity contribution in [1.82, 2.24) is 4.98 Å². The quantitative estimate of drug-likeness (QED) is 0.759. The van der Waals surface area contributed by atoms with Crippen molar-refractivity contribution in [3.8, 4) is 0 Å². The Morgan fingerprint density at radius 2 is 2.22 bits per heavy atom. The van der Waals surface area contributed by atoms with Crippen molar-refractivity contribution in [3.05, 3.63) is 23.9 Å². The predicted molar refractivity (Wildman–Crippen MR) is 67.1 cm³/mol. The van der Waals surface area contributed by atoms with Gasteiger partial charge in [0.1, 0.15) is 11.4 Å². The first kappa shape index (κ1) is 14.0. The summed E-state index contributed by atoms with van der Waals surface area (Å²) in [6.45, 7) is 3.52. The molecular formula is C12H17N3O3. The highest BCUT2D eigenvalue weighted by Crippen LogP contribution is 2.17. The number of methoxy groups -OCH3 is 1. The molecule has 0 aromatic carbocycles. The Hall–Kier alpha value is -2.11. The lowest BCUT2D eigenvalue weighted by atomic mass is 9.98. The van der Waals surface area contributed by atoms with E-state index >= 15 is 0 Å². The number of pyridine rings is 1. The van der Waals surface area contributed by atoms with Crippen molar-refractivity contribution >= 4 is 17.7 Å². The molecule has 0 aliphatic rings. The highest BCUT2D eigenvalue weighted by Gasteiger charge is 2.29. The van der Waals surface area contributed by atoms with E-state index in [1.807, 2.05) is 6.92 Å². The molecule has 1 aromatic rings. The third-order valence-electron chi connectivity index (χ3n) is 2.84. The van der Waals surface area contributed by atoms with Gasteiger partial charge in [-0.2, -0.15) is 0 Å². The molecule has 6 nitrogen and oxygen atoms in total. The summed E-state index contributed by atoms with van der Waals surface area (Å²) in [5.74, 6) is -0.533. The fourth-order valence-electron chi connectivity index (χ4n) is 1.35. The molecule has 1 aromatic heterocycles. The summed E-state index contributed by atoms with van der Waals surface area (Å²) in [6, 6.07) is 3.05. The van der Waals surface area contributed by atoms with E-state index in [1.54, 1.807) is 6.92 Å². The van der Waals surface area contributed by atoms with Gasteiger partial charge in [-0.3, -0.25) is 4.79 Å². The van der Waals surface area contributed by atoms with E-state index in [2.05, 4.69) is 15.0 Å². The predicted octanol–water partition coefficient (Wildman–Crippen LogP) is 0.934. The average Bonchev–Trinajstić information content (AvgIpc) is 2.37. The molecule has 98 valence electrons. The molecule has 3 N–H and O–H groups in total. The smallest absolute Gasteiger partial charge is 0.338 e. The van der Waals surface area contributed by atoms with E-state index in [4.69, 9.17) is 5.73 Å². The highest BCUT2D eigenvalue weighted by molar-refractivity contribution is 5.91. The molecule has 1 rings (SSSR count). The molecule has 1 heterocycles. The lowest BCUT2D eigenvalue weighted by Gasteiger charge is -2.26. The minimum atomic E-state index is -0.901. The Bertz CT molecular complexity index is 462. The Morgan fingerprint density at radius 1 is 1.56 bits per heavy atom. The zero-order chi connectivity index (χ0) is 13.8. The van der Waals surface area contributed by atoms with Gasteiger partial charge in [-0.15, -0.1) is 0 Å². The summed E-state index contributed by atoms with van der Waals surface area (Å²) in [7, 11) is 1.30. The van der Waals surface area contributed by atoms with Crippen LogP contribution in [0.2, 0.25) is 0 Å². The maximum atomic E-state index is 11.4. The fraction of sp³-hybridized carbons (Fsp3) is 0.417. The van der Waals surface area contributed by atoms with Crippen LogP contribution in [-0.4, -0.2) is 29.5 Å². The molecule has 0 fully saturated rings. The molecule has 0 aliphatic carbocycles. The van der Waals surface area contributed by atoms with Gasteiger partial charge >= 0.3 is 5.97 Å². The summed E-state index contributed by atoms with van der Waals surface area (Å²) in [5.41, 5.74) is 4.79. The third-order valence-corrected chi connectivity index (χ3v) is 2.84. The minimum Gasteiger partial charge on any atom is -0.465 e. The summed E-state index contributed by atoms with van der Waals surface area (Å²) in [4.78, 5) is 26.8. The number of carbonyl (C=O) groups is 2. The maximum absolute atomic E-state index is 11.4. The highest BCUT2D eigenvalue weighted by atomic mass is 16.5. The van der Waals surface area contributed by atoms with Crippen LogP contribution in [0.5, 0.6) is 0 Å². The van der Waals surface area contributed by atoms with Gasteiger partial charge in [-0.1, -0.05) is 6.92 Å². The number of ether oxygens (including phenoxy) is 1. The molecule has 0 spiro atoms. The molecule has 0 saturated carbocycles. The number of rotatable bonds is 5. The Morgan fingerprint density at radius 3 is 2.72 bits per heavy atom. The lowest BCUT2D eigenvalue weighted by molar-refractivity contribution is -0.121. The van der Waals surface area contributed by atoms with Crippen LogP contribution in [0.1, 0.15) is 30.6 Å². The summed E-state index contributed by atoms with van der Waals surface area (Å²) < 4.78 is 4.61. The second-order valence-electron chi connectivity index (χ2n) is 4.10. The first-order chi connectivity index (χ1) is 8.42. The number of anilines is 1. The first-order valence-electron chi connectivity index (χ1n) is 5.55. The summed E-state index contributed by atoms with van der Waals surface area (Å²) in [5, 5.41) is 2.93. The number of nitrogens with one attached hydrogen (secondary N) is 1. The number of hydrogen-bond donors (Lipinski definition) is 2. The van der Waals surface area contributed by atoms with Gasteiger partial charge < -0.3 is 15.8 Å². The number of carbonyl (C=O) groups excluding carboxylic acids is 2. The number of esters is 1. The van der Waals surface area contributed by atoms with E-state index in [9.17, 15) is 9.59 Å². The maximum Gasteiger partial charge on any atom is 0.338 e. The van der Waals surface area contributed by atoms with Crippen molar-refractivity contribution in [2.45, 2.75) is 25.8 Å². The second kappa shape index (κ2) is 5.48. The van der Waals surface area contributed by atoms with Crippen LogP contribution in [-0.2, 0) is 9.53 Å². The summed E-state index contributed by atoms with van der Waals surface area (Å²) >= 11 is 0. The van der Waals surface area contributed by atoms with Crippen LogP contribution in [0.3, 0.4) is 0 Å². The number of amides is 1. The second-order valence-corrected chi connectivity index (χ2v) is 4.10. The van der Waals surface area contributed by atoms with Gasteiger partial charge in [0.2, 0.25) is 5.91 Å². The molecule has 1 unspecified atom stereocenters. The van der Waals surface area contributed by atoms with Gasteiger partial charge in [-0.25, -0.2) is 9.78 Å². The number of primary amides is 1. The molecular weight excluding hydrogens is 234 g/mol. The number of nitrogens with zero attached hydrogens (tertiary/aromatic N) is 1. The van der Waals surface area contributed by atoms with Gasteiger partial charge in [0.15, 0.2) is 0 Å². The van der Waals surface area contributed by atoms with Crippen molar-refractivity contribution in [3.63, 3.8) is 0 Å². The van der Waals surface area contributed by atoms with Crippen LogP contribution < -0.4 is 11.1 Å². The van der Waals surface area contributed by atoms with Gasteiger partial charge in [-0.05, 0) is 25.5 Å². The standard InChI is InChI=1S/C12H17N3O3/c1-4-12(2,11(13)17)15-9-7-8(5-6-14-9)10(16)18-3/h5-7H,4H2,1-3H3,(H2,13,17)(H,14,15). The van der Waals surface area contributed by atoms with E-state index in [0.717, 1.165) is 0 Å². The van der Waals surface area contributed by atoms with Crippen molar-refractivity contribution < 1.29 is 14.3 Å². The van der Waals surface area contributed by atoms with E-state index in [-0.39, 0.29) is 0 Å². The zero-order valence-corrected chi connectivity index (χ0v) is 10.7. The molecule has 18 heavy (non-hydrogen) atoms. The van der Waals surface area contributed by atoms with Crippen molar-refractivity contribution in [1.29, 1.82) is 0 Å². The van der Waals surface area contributed by atoms with Gasteiger partial charge in [0, 0.05) is 6.20 Å². The SMILES string of the molecule is CCC(C)(Nc1cc(C(=O)OC)ccn1)C(N)=O. The Balaban J connectivity index is 2.98. The van der Waals surface area contributed by atoms with Gasteiger partial charge in [0.05, 0.1) is 12.7 Å². The van der Waals surface area contributed by atoms with E-state index < -0.39 is 17.4 Å². The zero-order valence-electron chi connectivity index (χ0n) is 10.7. The lowest BCUT2D eigenvalue weighted by Crippen LogP contribution is -2.47. The number of aromatic nitrogens is 1. The van der Waals surface area contributed by atoms with Crippen LogP contribution >= 0.6 is 0 Å². The van der Waals surface area contributed by atoms with Gasteiger partial charge in [0.25, 0.3) is 0 Å². The normalized spacial score (nSPS) is 13.5. The van der Waals surface area contributed by atoms with Crippen LogP contribution in [0.25, 0.3) is 0 Å². The average molecular weight is 251 g/mol. The molecule has 1 amide bonds. The topological polar surface area (TPSA) is 94.3 Å². The largest absolute Gasteiger partial charge is 0.465 e. The third kappa shape index (κ3) is 2.97. The van der Waals surface area contributed by atoms with E-state index in [0.29, 0.717) is 17.8 Å². The van der Waals surface area contributed by atoms with Crippen molar-refractivity contribution in [2.24, 2.45) is 5.73 Å². The molecule has 0 radical (unpaired) electrons. The molecule has 0 aliphatic heterocycles. The number of hydrogen-bond acceptors (Lipinski definition) is 5. The molecule has 0 bridgehead atoms. The Labute approximate surface area is 106 Å². The van der Waals surface area contributed by atoms with Crippen molar-refractivity contribution in [2.75, 3.05) is 12.4 Å². The fourth-order valence-corrected chi connectivity index (χ4v) is 1.35. The van der Waals surface area contributed by atoms with Crippen LogP contribution in [0, 0.1) is 0 Å². The van der Waals surface area contributed by atoms with Crippen LogP contribution in [0.15, 0.2) is 18.3 Å². The number of nitrogens with two attached hydrogens (primary N) is 1. The van der Waals surface area contributed by atoms with Crippen LogP contribution in [0.4, 0.5) is 5.82 Å². The molecule has 1 atom stereocenters. The molecule has 6 heteroatoms.